The third-order valence-corrected chi connectivity index (χ3v) is 5.55. The molecule has 1 amide bonds. The van der Waals surface area contributed by atoms with E-state index in [9.17, 15) is 13.6 Å². The molecule has 29 heavy (non-hydrogen) atoms. The number of hydrogen-bond acceptors (Lipinski definition) is 3. The summed E-state index contributed by atoms with van der Waals surface area (Å²) in [6.07, 6.45) is 3.99. The van der Waals surface area contributed by atoms with E-state index in [1.807, 2.05) is 18.3 Å². The highest BCUT2D eigenvalue weighted by Crippen LogP contribution is 2.35. The Morgan fingerprint density at radius 3 is 2.79 bits per heavy atom. The predicted octanol–water partition coefficient (Wildman–Crippen LogP) is 3.86. The largest absolute Gasteiger partial charge is 0.455 e. The van der Waals surface area contributed by atoms with E-state index in [2.05, 4.69) is 14.8 Å². The van der Waals surface area contributed by atoms with E-state index in [1.165, 1.54) is 12.1 Å². The Hall–Kier alpha value is -2.93. The Balaban J connectivity index is 1.42. The highest BCUT2D eigenvalue weighted by Gasteiger charge is 2.32. The average molecular weight is 397 g/mol. The molecule has 150 valence electrons. The van der Waals surface area contributed by atoms with Crippen LogP contribution in [0.2, 0.25) is 0 Å². The van der Waals surface area contributed by atoms with Crippen LogP contribution in [0, 0.1) is 11.6 Å². The lowest BCUT2D eigenvalue weighted by molar-refractivity contribution is 0.0916. The zero-order valence-corrected chi connectivity index (χ0v) is 15.8. The van der Waals surface area contributed by atoms with Crippen molar-refractivity contribution in [2.45, 2.75) is 38.0 Å². The van der Waals surface area contributed by atoms with Crippen LogP contribution < -0.4 is 5.32 Å². The molecule has 7 heteroatoms. The minimum absolute atomic E-state index is 0.201. The molecule has 1 saturated carbocycles. The van der Waals surface area contributed by atoms with Gasteiger partial charge in [0, 0.05) is 42.7 Å². The lowest BCUT2D eigenvalue weighted by atomic mass is 9.99. The van der Waals surface area contributed by atoms with Gasteiger partial charge in [0.2, 0.25) is 0 Å². The minimum atomic E-state index is -0.596. The fourth-order valence-electron chi connectivity index (χ4n) is 3.95. The fraction of sp³-hybridized carbons (Fsp3) is 0.318. The van der Waals surface area contributed by atoms with Crippen LogP contribution in [0.1, 0.15) is 46.5 Å². The number of nitrogens with zero attached hydrogens (tertiary/aromatic N) is 2. The van der Waals surface area contributed by atoms with E-state index >= 15 is 0 Å². The summed E-state index contributed by atoms with van der Waals surface area (Å²) in [6, 6.07) is 10.9. The number of fused-ring (bicyclic) bond motifs is 1. The normalized spacial score (nSPS) is 19.2. The summed E-state index contributed by atoms with van der Waals surface area (Å²) in [7, 11) is 0. The van der Waals surface area contributed by atoms with Crippen LogP contribution in [0.25, 0.3) is 0 Å². The Morgan fingerprint density at radius 1 is 1.14 bits per heavy atom. The quantitative estimate of drug-likeness (QED) is 0.711. The van der Waals surface area contributed by atoms with Crippen LogP contribution in [-0.2, 0) is 13.1 Å². The molecule has 5 nitrogen and oxygen atoms in total. The molecule has 0 saturated heterocycles. The van der Waals surface area contributed by atoms with Gasteiger partial charge in [0.15, 0.2) is 5.76 Å². The van der Waals surface area contributed by atoms with E-state index in [4.69, 9.17) is 4.42 Å². The molecular formula is C22H21F2N3O2. The second-order valence-corrected chi connectivity index (χ2v) is 7.68. The van der Waals surface area contributed by atoms with Gasteiger partial charge in [0.05, 0.1) is 12.6 Å². The van der Waals surface area contributed by atoms with Crippen LogP contribution in [0.15, 0.2) is 53.1 Å². The van der Waals surface area contributed by atoms with Crippen LogP contribution in [0.5, 0.6) is 0 Å². The van der Waals surface area contributed by atoms with Gasteiger partial charge in [0.25, 0.3) is 5.91 Å². The number of carbonyl (C=O) groups is 1. The SMILES string of the molecule is O=C(NC1CC1)c1ccc(CN2CCn3cccc3C2c2ccc(F)cc2F)o1. The number of hydrogen-bond donors (Lipinski definition) is 1. The molecule has 0 radical (unpaired) electrons. The average Bonchev–Trinajstić information content (AvgIpc) is 3.17. The van der Waals surface area contributed by atoms with Gasteiger partial charge in [-0.15, -0.1) is 0 Å². The van der Waals surface area contributed by atoms with E-state index < -0.39 is 11.6 Å². The molecule has 0 bridgehead atoms. The van der Waals surface area contributed by atoms with Gasteiger partial charge < -0.3 is 14.3 Å². The van der Waals surface area contributed by atoms with Gasteiger partial charge in [-0.3, -0.25) is 9.69 Å². The lowest BCUT2D eigenvalue weighted by Crippen LogP contribution is -2.38. The Bertz CT molecular complexity index is 1050. The molecular weight excluding hydrogens is 376 g/mol. The topological polar surface area (TPSA) is 50.4 Å². The van der Waals surface area contributed by atoms with Crippen molar-refractivity contribution in [3.05, 3.63) is 83.1 Å². The number of carbonyl (C=O) groups excluding carboxylic acids is 1. The zero-order valence-electron chi connectivity index (χ0n) is 15.8. The summed E-state index contributed by atoms with van der Waals surface area (Å²) in [4.78, 5) is 14.3. The van der Waals surface area contributed by atoms with Crippen LogP contribution in [0.4, 0.5) is 8.78 Å². The van der Waals surface area contributed by atoms with Crippen molar-refractivity contribution in [2.24, 2.45) is 0 Å². The van der Waals surface area contributed by atoms with Crippen molar-refractivity contribution in [2.75, 3.05) is 6.54 Å². The summed E-state index contributed by atoms with van der Waals surface area (Å²) in [6.45, 7) is 1.86. The monoisotopic (exact) mass is 397 g/mol. The van der Waals surface area contributed by atoms with Crippen LogP contribution >= 0.6 is 0 Å². The lowest BCUT2D eigenvalue weighted by Gasteiger charge is -2.37. The summed E-state index contributed by atoms with van der Waals surface area (Å²) in [5, 5.41) is 2.91. The number of aromatic nitrogens is 1. The first-order chi connectivity index (χ1) is 14.1. The molecule has 5 rings (SSSR count). The number of rotatable bonds is 5. The number of halogens is 2. The van der Waals surface area contributed by atoms with Gasteiger partial charge in [0.1, 0.15) is 17.4 Å². The number of furan rings is 1. The zero-order chi connectivity index (χ0) is 20.0. The molecule has 1 fully saturated rings. The third-order valence-electron chi connectivity index (χ3n) is 5.55. The van der Waals surface area contributed by atoms with Crippen molar-refractivity contribution in [1.82, 2.24) is 14.8 Å². The second kappa shape index (κ2) is 7.15. The Morgan fingerprint density at radius 2 is 2.00 bits per heavy atom. The van der Waals surface area contributed by atoms with Crippen LogP contribution in [-0.4, -0.2) is 28.0 Å². The Labute approximate surface area is 166 Å². The van der Waals surface area contributed by atoms with Gasteiger partial charge in [-0.1, -0.05) is 6.07 Å². The molecule has 2 aliphatic rings. The van der Waals surface area contributed by atoms with Gasteiger partial charge >= 0.3 is 0 Å². The van der Waals surface area contributed by atoms with Gasteiger partial charge in [-0.25, -0.2) is 8.78 Å². The number of benzene rings is 1. The molecule has 1 aromatic carbocycles. The molecule has 1 aliphatic heterocycles. The Kier molecular flexibility index (Phi) is 4.47. The maximum Gasteiger partial charge on any atom is 0.287 e. The maximum absolute atomic E-state index is 14.6. The molecule has 3 aromatic rings. The van der Waals surface area contributed by atoms with E-state index in [0.29, 0.717) is 24.4 Å². The molecule has 1 unspecified atom stereocenters. The summed E-state index contributed by atoms with van der Waals surface area (Å²) in [5.41, 5.74) is 1.37. The van der Waals surface area contributed by atoms with E-state index in [0.717, 1.165) is 31.1 Å². The van der Waals surface area contributed by atoms with Crippen LogP contribution in [0.3, 0.4) is 0 Å². The molecule has 1 aliphatic carbocycles. The minimum Gasteiger partial charge on any atom is -0.455 e. The first-order valence-electron chi connectivity index (χ1n) is 9.82. The molecule has 2 aromatic heterocycles. The number of nitrogens with one attached hydrogen (secondary N) is 1. The van der Waals surface area contributed by atoms with Crippen molar-refractivity contribution in [3.63, 3.8) is 0 Å². The summed E-state index contributed by atoms with van der Waals surface area (Å²) < 4.78 is 35.9. The van der Waals surface area contributed by atoms with Crippen molar-refractivity contribution in [1.29, 1.82) is 0 Å². The summed E-state index contributed by atoms with van der Waals surface area (Å²) in [5.74, 6) is -0.442. The third kappa shape index (κ3) is 3.58. The first-order valence-corrected chi connectivity index (χ1v) is 9.82. The standard InChI is InChI=1S/C22H21F2N3O2/c23-14-3-7-17(18(24)12-14)21-19-2-1-9-26(19)10-11-27(21)13-16-6-8-20(29-16)22(28)25-15-4-5-15/h1-3,6-9,12,15,21H,4-5,10-11,13H2,(H,25,28). The van der Waals surface area contributed by atoms with Crippen molar-refractivity contribution in [3.8, 4) is 0 Å². The van der Waals surface area contributed by atoms with E-state index in [1.54, 1.807) is 12.1 Å². The first kappa shape index (κ1) is 18.1. The van der Waals surface area contributed by atoms with Gasteiger partial charge in [-0.2, -0.15) is 0 Å². The predicted molar refractivity (Wildman–Crippen MR) is 102 cm³/mol. The molecule has 1 atom stereocenters. The molecule has 0 spiro atoms. The number of amides is 1. The molecule has 3 heterocycles. The molecule has 1 N–H and O–H groups in total. The van der Waals surface area contributed by atoms with Crippen molar-refractivity contribution >= 4 is 5.91 Å². The highest BCUT2D eigenvalue weighted by molar-refractivity contribution is 5.91. The van der Waals surface area contributed by atoms with Gasteiger partial charge in [-0.05, 0) is 43.2 Å². The van der Waals surface area contributed by atoms with Crippen molar-refractivity contribution < 1.29 is 18.0 Å². The second-order valence-electron chi connectivity index (χ2n) is 7.68. The smallest absolute Gasteiger partial charge is 0.287 e. The highest BCUT2D eigenvalue weighted by atomic mass is 19.1. The summed E-state index contributed by atoms with van der Waals surface area (Å²) >= 11 is 0. The maximum atomic E-state index is 14.6. The van der Waals surface area contributed by atoms with E-state index in [-0.39, 0.29) is 23.8 Å². The fourth-order valence-corrected chi connectivity index (χ4v) is 3.95.